The van der Waals surface area contributed by atoms with Crippen LogP contribution in [0.1, 0.15) is 36.5 Å². The third kappa shape index (κ3) is 2.97. The van der Waals surface area contributed by atoms with Crippen LogP contribution < -0.4 is 5.32 Å². The Balaban J connectivity index is 1.86. The summed E-state index contributed by atoms with van der Waals surface area (Å²) in [6, 6.07) is 4.78. The normalized spacial score (nSPS) is 24.0. The molecule has 6 heteroatoms. The van der Waals surface area contributed by atoms with E-state index in [-0.39, 0.29) is 23.0 Å². The van der Waals surface area contributed by atoms with Crippen LogP contribution in [-0.4, -0.2) is 17.2 Å². The van der Waals surface area contributed by atoms with Crippen LogP contribution in [0, 0.1) is 5.82 Å². The van der Waals surface area contributed by atoms with E-state index in [0.717, 1.165) is 36.8 Å². The molecule has 2 aliphatic rings. The molecular formula is C16H17BrFNOS2. The first-order chi connectivity index (χ1) is 10.5. The van der Waals surface area contributed by atoms with Crippen molar-refractivity contribution in [3.8, 4) is 0 Å². The molecule has 2 nitrogen and oxygen atoms in total. The van der Waals surface area contributed by atoms with Crippen LogP contribution in [0.15, 0.2) is 33.8 Å². The van der Waals surface area contributed by atoms with E-state index in [1.54, 1.807) is 12.1 Å². The summed E-state index contributed by atoms with van der Waals surface area (Å²) >= 11 is 12.5. The van der Waals surface area contributed by atoms with Crippen LogP contribution in [-0.2, 0) is 4.79 Å². The number of hydrogen-bond donors (Lipinski definition) is 3. The summed E-state index contributed by atoms with van der Waals surface area (Å²) in [5.74, 6) is -0.300. The summed E-state index contributed by atoms with van der Waals surface area (Å²) in [5, 5.41) is 2.34. The van der Waals surface area contributed by atoms with Crippen molar-refractivity contribution >= 4 is 47.1 Å². The first-order valence-electron chi connectivity index (χ1n) is 7.33. The predicted octanol–water partition coefficient (Wildman–Crippen LogP) is 4.23. The first kappa shape index (κ1) is 16.4. The van der Waals surface area contributed by atoms with Crippen molar-refractivity contribution in [3.05, 3.63) is 45.2 Å². The molecule has 0 aromatic heterocycles. The lowest BCUT2D eigenvalue weighted by atomic mass is 9.88. The minimum Gasteiger partial charge on any atom is -0.345 e. The molecule has 1 aromatic carbocycles. The summed E-state index contributed by atoms with van der Waals surface area (Å²) in [7, 11) is 0. The van der Waals surface area contributed by atoms with E-state index in [1.807, 2.05) is 0 Å². The van der Waals surface area contributed by atoms with Gasteiger partial charge in [0.25, 0.3) is 0 Å². The van der Waals surface area contributed by atoms with Gasteiger partial charge in [-0.1, -0.05) is 22.0 Å². The second-order valence-corrected chi connectivity index (χ2v) is 7.83. The van der Waals surface area contributed by atoms with Crippen molar-refractivity contribution in [2.24, 2.45) is 0 Å². The fraction of sp³-hybridized carbons (Fsp3) is 0.438. The van der Waals surface area contributed by atoms with E-state index in [1.165, 1.54) is 6.07 Å². The van der Waals surface area contributed by atoms with Crippen molar-refractivity contribution in [1.29, 1.82) is 0 Å². The minimum atomic E-state index is -0.393. The van der Waals surface area contributed by atoms with E-state index in [2.05, 4.69) is 46.5 Å². The standard InChI is InChI=1S/C16H17BrFNOS2/c17-8-5-6-11(12(18)7-8)14(21)15(22)13-9-3-1-2-4-10(9)16(20)19-13/h5-7,13-15,21-22H,1-4H2,(H,19,20). The average molecular weight is 402 g/mol. The zero-order chi connectivity index (χ0) is 15.9. The third-order valence-electron chi connectivity index (χ3n) is 4.39. The molecule has 0 spiro atoms. The monoisotopic (exact) mass is 401 g/mol. The van der Waals surface area contributed by atoms with Gasteiger partial charge in [-0.05, 0) is 43.4 Å². The van der Waals surface area contributed by atoms with Gasteiger partial charge in [0.2, 0.25) is 5.91 Å². The number of rotatable bonds is 3. The molecule has 1 heterocycles. The highest BCUT2D eigenvalue weighted by molar-refractivity contribution is 9.10. The average Bonchev–Trinajstić information content (AvgIpc) is 2.84. The SMILES string of the molecule is O=C1NC(C(S)C(S)c2ccc(Br)cc2F)C2=C1CCCC2. The first-order valence-corrected chi connectivity index (χ1v) is 9.15. The Bertz CT molecular complexity index is 649. The highest BCUT2D eigenvalue weighted by Crippen LogP contribution is 2.39. The maximum atomic E-state index is 14.1. The van der Waals surface area contributed by atoms with Gasteiger partial charge in [0.15, 0.2) is 0 Å². The Morgan fingerprint density at radius 2 is 2.00 bits per heavy atom. The van der Waals surface area contributed by atoms with Gasteiger partial charge in [-0.3, -0.25) is 4.79 Å². The van der Waals surface area contributed by atoms with Crippen LogP contribution in [0.25, 0.3) is 0 Å². The number of carbonyl (C=O) groups excluding carboxylic acids is 1. The topological polar surface area (TPSA) is 29.1 Å². The maximum Gasteiger partial charge on any atom is 0.247 e. The quantitative estimate of drug-likeness (QED) is 0.650. The summed E-state index contributed by atoms with van der Waals surface area (Å²) in [6.45, 7) is 0. The van der Waals surface area contributed by atoms with Crippen LogP contribution in [0.4, 0.5) is 4.39 Å². The number of hydrogen-bond acceptors (Lipinski definition) is 3. The second-order valence-electron chi connectivity index (χ2n) is 5.76. The van der Waals surface area contributed by atoms with Gasteiger partial charge in [0.05, 0.1) is 6.04 Å². The van der Waals surface area contributed by atoms with Crippen LogP contribution in [0.5, 0.6) is 0 Å². The van der Waals surface area contributed by atoms with Crippen molar-refractivity contribution < 1.29 is 9.18 Å². The van der Waals surface area contributed by atoms with Gasteiger partial charge in [-0.2, -0.15) is 25.3 Å². The summed E-state index contributed by atoms with van der Waals surface area (Å²) in [6.07, 6.45) is 3.90. The number of nitrogens with one attached hydrogen (secondary N) is 1. The number of thiol groups is 2. The molecule has 3 unspecified atom stereocenters. The van der Waals surface area contributed by atoms with Gasteiger partial charge in [-0.15, -0.1) is 0 Å². The molecule has 22 heavy (non-hydrogen) atoms. The zero-order valence-electron chi connectivity index (χ0n) is 11.9. The zero-order valence-corrected chi connectivity index (χ0v) is 15.2. The Morgan fingerprint density at radius 3 is 2.73 bits per heavy atom. The van der Waals surface area contributed by atoms with Gasteiger partial charge in [0.1, 0.15) is 5.82 Å². The molecule has 1 aromatic rings. The van der Waals surface area contributed by atoms with Crippen LogP contribution in [0.2, 0.25) is 0 Å². The Labute approximate surface area is 148 Å². The molecule has 1 amide bonds. The predicted molar refractivity (Wildman–Crippen MR) is 96.0 cm³/mol. The second kappa shape index (κ2) is 6.57. The smallest absolute Gasteiger partial charge is 0.247 e. The van der Waals surface area contributed by atoms with E-state index in [0.29, 0.717) is 10.0 Å². The van der Waals surface area contributed by atoms with Gasteiger partial charge < -0.3 is 5.32 Å². The molecule has 118 valence electrons. The van der Waals surface area contributed by atoms with Crippen molar-refractivity contribution in [1.82, 2.24) is 5.32 Å². The molecule has 3 atom stereocenters. The minimum absolute atomic E-state index is 0.00978. The molecule has 0 radical (unpaired) electrons. The van der Waals surface area contributed by atoms with Crippen molar-refractivity contribution in [3.63, 3.8) is 0 Å². The fourth-order valence-electron chi connectivity index (χ4n) is 3.25. The van der Waals surface area contributed by atoms with E-state index < -0.39 is 5.25 Å². The Kier molecular flexibility index (Phi) is 4.90. The third-order valence-corrected chi connectivity index (χ3v) is 6.32. The number of carbonyl (C=O) groups is 1. The van der Waals surface area contributed by atoms with E-state index >= 15 is 0 Å². The van der Waals surface area contributed by atoms with Gasteiger partial charge in [0, 0.05) is 26.1 Å². The molecule has 3 rings (SSSR count). The molecule has 1 aliphatic carbocycles. The number of amides is 1. The molecule has 0 saturated carbocycles. The maximum absolute atomic E-state index is 14.1. The largest absolute Gasteiger partial charge is 0.345 e. The Hall–Kier alpha value is -0.460. The van der Waals surface area contributed by atoms with Gasteiger partial charge >= 0.3 is 0 Å². The summed E-state index contributed by atoms with van der Waals surface area (Å²) in [5.41, 5.74) is 2.56. The molecule has 1 N–H and O–H groups in total. The fourth-order valence-corrected chi connectivity index (χ4v) is 4.38. The van der Waals surface area contributed by atoms with Crippen molar-refractivity contribution in [2.75, 3.05) is 0 Å². The summed E-state index contributed by atoms with van der Waals surface area (Å²) in [4.78, 5) is 12.1. The lowest BCUT2D eigenvalue weighted by Gasteiger charge is -2.28. The van der Waals surface area contributed by atoms with Crippen LogP contribution >= 0.6 is 41.2 Å². The van der Waals surface area contributed by atoms with Crippen molar-refractivity contribution in [2.45, 2.75) is 42.2 Å². The lowest BCUT2D eigenvalue weighted by Crippen LogP contribution is -2.38. The van der Waals surface area contributed by atoms with Gasteiger partial charge in [-0.25, -0.2) is 4.39 Å². The highest BCUT2D eigenvalue weighted by Gasteiger charge is 2.38. The summed E-state index contributed by atoms with van der Waals surface area (Å²) < 4.78 is 14.8. The Morgan fingerprint density at radius 1 is 1.27 bits per heavy atom. The molecule has 0 bridgehead atoms. The van der Waals surface area contributed by atoms with E-state index in [9.17, 15) is 9.18 Å². The highest BCUT2D eigenvalue weighted by atomic mass is 79.9. The van der Waals surface area contributed by atoms with Crippen LogP contribution in [0.3, 0.4) is 0 Å². The number of benzene rings is 1. The molecule has 0 saturated heterocycles. The molecule has 0 fully saturated rings. The number of halogens is 2. The molecular weight excluding hydrogens is 385 g/mol. The van der Waals surface area contributed by atoms with E-state index in [4.69, 9.17) is 0 Å². The molecule has 1 aliphatic heterocycles. The lowest BCUT2D eigenvalue weighted by molar-refractivity contribution is -0.117.